The van der Waals surface area contributed by atoms with Gasteiger partial charge >= 0.3 is 6.36 Å². The fraction of sp³-hybridized carbons (Fsp3) is 0.444. The number of aromatic nitrogens is 1. The van der Waals surface area contributed by atoms with Crippen molar-refractivity contribution >= 4 is 17.4 Å². The third-order valence-electron chi connectivity index (χ3n) is 7.32. The van der Waals surface area contributed by atoms with E-state index in [-0.39, 0.29) is 41.2 Å². The molecule has 5 rings (SSSR count). The number of alkyl halides is 3. The number of nitro groups is 1. The number of non-ortho nitro benzene ring substituents is 1. The Kier molecular flexibility index (Phi) is 8.10. The van der Waals surface area contributed by atoms with Gasteiger partial charge in [-0.1, -0.05) is 12.8 Å². The maximum atomic E-state index is 14.2. The van der Waals surface area contributed by atoms with Crippen LogP contribution in [0.25, 0.3) is 11.3 Å². The van der Waals surface area contributed by atoms with Gasteiger partial charge in [-0.3, -0.25) is 10.1 Å². The maximum absolute atomic E-state index is 14.2. The number of piperidine rings is 1. The summed E-state index contributed by atoms with van der Waals surface area (Å²) in [4.78, 5) is 17.1. The van der Waals surface area contributed by atoms with E-state index in [4.69, 9.17) is 4.42 Å². The van der Waals surface area contributed by atoms with Crippen molar-refractivity contribution < 1.29 is 31.6 Å². The van der Waals surface area contributed by atoms with Gasteiger partial charge in [0.1, 0.15) is 0 Å². The highest BCUT2D eigenvalue weighted by molar-refractivity contribution is 5.59. The Morgan fingerprint density at radius 2 is 1.80 bits per heavy atom. The molecule has 3 atom stereocenters. The second kappa shape index (κ2) is 11.7. The molecule has 1 saturated heterocycles. The van der Waals surface area contributed by atoms with Gasteiger partial charge in [0, 0.05) is 54.6 Å². The Labute approximate surface area is 227 Å². The molecule has 40 heavy (non-hydrogen) atoms. The number of nitrogens with zero attached hydrogens (tertiary/aromatic N) is 3. The summed E-state index contributed by atoms with van der Waals surface area (Å²) in [5.41, 5.74) is 1.26. The summed E-state index contributed by atoms with van der Waals surface area (Å²) < 4.78 is 60.9. The summed E-state index contributed by atoms with van der Waals surface area (Å²) in [7, 11) is 0. The predicted octanol–water partition coefficient (Wildman–Crippen LogP) is 6.27. The molecule has 13 heteroatoms. The molecule has 1 saturated carbocycles. The van der Waals surface area contributed by atoms with Gasteiger partial charge < -0.3 is 24.7 Å². The first-order chi connectivity index (χ1) is 19.1. The fourth-order valence-corrected chi connectivity index (χ4v) is 5.43. The summed E-state index contributed by atoms with van der Waals surface area (Å²) in [6, 6.07) is 10.4. The van der Waals surface area contributed by atoms with Crippen LogP contribution in [0, 0.1) is 15.9 Å². The Hall–Kier alpha value is -3.87. The summed E-state index contributed by atoms with van der Waals surface area (Å²) in [5.74, 6) is -1.86. The molecule has 2 aromatic carbocycles. The van der Waals surface area contributed by atoms with E-state index in [2.05, 4.69) is 25.3 Å². The van der Waals surface area contributed by atoms with Crippen molar-refractivity contribution in [3.63, 3.8) is 0 Å². The van der Waals surface area contributed by atoms with E-state index < -0.39 is 22.9 Å². The lowest BCUT2D eigenvalue weighted by atomic mass is 9.89. The van der Waals surface area contributed by atoms with Crippen LogP contribution in [-0.2, 0) is 0 Å². The largest absolute Gasteiger partial charge is 0.573 e. The number of nitro benzene ring substituents is 1. The van der Waals surface area contributed by atoms with E-state index in [0.29, 0.717) is 0 Å². The minimum absolute atomic E-state index is 0.0364. The van der Waals surface area contributed by atoms with E-state index in [0.717, 1.165) is 69.4 Å². The van der Waals surface area contributed by atoms with Crippen molar-refractivity contribution in [1.82, 2.24) is 10.3 Å². The molecule has 1 aromatic heterocycles. The lowest BCUT2D eigenvalue weighted by Gasteiger charge is -2.40. The van der Waals surface area contributed by atoms with E-state index in [9.17, 15) is 27.7 Å². The summed E-state index contributed by atoms with van der Waals surface area (Å²) in [5, 5.41) is 18.1. The van der Waals surface area contributed by atoms with Crippen LogP contribution in [0.15, 0.2) is 53.1 Å². The zero-order valence-corrected chi connectivity index (χ0v) is 21.5. The lowest BCUT2D eigenvalue weighted by molar-refractivity contribution is -0.384. The normalized spacial score (nSPS) is 21.7. The quantitative estimate of drug-likeness (QED) is 0.188. The smallest absolute Gasteiger partial charge is 0.424 e. The highest BCUT2D eigenvalue weighted by atomic mass is 19.4. The lowest BCUT2D eigenvalue weighted by Crippen LogP contribution is -2.54. The predicted molar refractivity (Wildman–Crippen MR) is 140 cm³/mol. The maximum Gasteiger partial charge on any atom is 0.573 e. The summed E-state index contributed by atoms with van der Waals surface area (Å²) >= 11 is 0. The second-order valence-electron chi connectivity index (χ2n) is 10.1. The molecule has 2 N–H and O–H groups in total. The van der Waals surface area contributed by atoms with Crippen molar-refractivity contribution in [2.45, 2.75) is 63.0 Å². The van der Waals surface area contributed by atoms with Gasteiger partial charge in [0.2, 0.25) is 0 Å². The monoisotopic (exact) mass is 563 g/mol. The van der Waals surface area contributed by atoms with E-state index in [1.165, 1.54) is 24.4 Å². The standard InChI is InChI=1S/C27H29F4N5O4/c28-21-14-17(7-12-24(21)40-27(29,30)31)25-15-32-26(39-25)34-23-6-2-1-5-22(23)33-18-4-3-13-35(16-18)19-8-10-20(11-9-19)36(37)38/h7-12,14-15,18,22-23,33H,1-6,13,16H2,(H,32,34)/t18-,22+,23+/m0/s1. The minimum Gasteiger partial charge on any atom is -0.424 e. The number of hydrogen-bond donors (Lipinski definition) is 2. The first kappa shape index (κ1) is 27.7. The molecule has 1 aliphatic heterocycles. The molecule has 9 nitrogen and oxygen atoms in total. The van der Waals surface area contributed by atoms with Crippen molar-refractivity contribution in [2.24, 2.45) is 0 Å². The number of rotatable bonds is 8. The average molecular weight is 564 g/mol. The third-order valence-corrected chi connectivity index (χ3v) is 7.32. The van der Waals surface area contributed by atoms with Crippen LogP contribution in [0.1, 0.15) is 38.5 Å². The van der Waals surface area contributed by atoms with E-state index in [1.807, 2.05) is 0 Å². The molecule has 1 aliphatic carbocycles. The molecule has 0 unspecified atom stereocenters. The molecular formula is C27H29F4N5O4. The number of anilines is 2. The molecule has 0 spiro atoms. The highest BCUT2D eigenvalue weighted by Gasteiger charge is 2.33. The van der Waals surface area contributed by atoms with Gasteiger partial charge in [-0.2, -0.15) is 0 Å². The van der Waals surface area contributed by atoms with Crippen LogP contribution in [0.2, 0.25) is 0 Å². The van der Waals surface area contributed by atoms with Crippen LogP contribution >= 0.6 is 0 Å². The Balaban J connectivity index is 1.21. The molecule has 2 fully saturated rings. The number of halogens is 4. The van der Waals surface area contributed by atoms with Gasteiger partial charge in [0.15, 0.2) is 17.3 Å². The molecule has 214 valence electrons. The third kappa shape index (κ3) is 6.82. The zero-order valence-electron chi connectivity index (χ0n) is 21.5. The summed E-state index contributed by atoms with van der Waals surface area (Å²) in [6.07, 6.45) is 2.39. The first-order valence-electron chi connectivity index (χ1n) is 13.2. The van der Waals surface area contributed by atoms with Crippen LogP contribution in [-0.4, -0.2) is 47.5 Å². The van der Waals surface area contributed by atoms with Crippen LogP contribution in [0.3, 0.4) is 0 Å². The molecule has 2 aliphatic rings. The van der Waals surface area contributed by atoms with Gasteiger partial charge in [0.05, 0.1) is 11.1 Å². The fourth-order valence-electron chi connectivity index (χ4n) is 5.43. The highest BCUT2D eigenvalue weighted by Crippen LogP contribution is 2.32. The minimum atomic E-state index is -4.99. The zero-order chi connectivity index (χ0) is 28.3. The second-order valence-corrected chi connectivity index (χ2v) is 10.1. The first-order valence-corrected chi connectivity index (χ1v) is 13.2. The van der Waals surface area contributed by atoms with Crippen molar-refractivity contribution in [3.05, 3.63) is 64.6 Å². The van der Waals surface area contributed by atoms with Crippen molar-refractivity contribution in [3.8, 4) is 17.1 Å². The van der Waals surface area contributed by atoms with E-state index >= 15 is 0 Å². The van der Waals surface area contributed by atoms with E-state index in [1.54, 1.807) is 12.1 Å². The number of hydrogen-bond acceptors (Lipinski definition) is 8. The van der Waals surface area contributed by atoms with Gasteiger partial charge in [-0.25, -0.2) is 9.37 Å². The molecule has 0 bridgehead atoms. The van der Waals surface area contributed by atoms with Crippen LogP contribution in [0.4, 0.5) is 35.0 Å². The Bertz CT molecular complexity index is 1320. The number of ether oxygens (including phenoxy) is 1. The Morgan fingerprint density at radius 3 is 2.50 bits per heavy atom. The molecule has 3 aromatic rings. The Morgan fingerprint density at radius 1 is 1.05 bits per heavy atom. The topological polar surface area (TPSA) is 106 Å². The van der Waals surface area contributed by atoms with Gasteiger partial charge in [-0.15, -0.1) is 13.2 Å². The van der Waals surface area contributed by atoms with Crippen molar-refractivity contribution in [1.29, 1.82) is 0 Å². The number of oxazole rings is 1. The molecule has 0 amide bonds. The molecule has 2 heterocycles. The summed E-state index contributed by atoms with van der Waals surface area (Å²) in [6.45, 7) is 1.66. The number of benzene rings is 2. The van der Waals surface area contributed by atoms with Crippen LogP contribution in [0.5, 0.6) is 5.75 Å². The van der Waals surface area contributed by atoms with Crippen molar-refractivity contribution in [2.75, 3.05) is 23.3 Å². The van der Waals surface area contributed by atoms with Gasteiger partial charge in [0.25, 0.3) is 11.7 Å². The molecular weight excluding hydrogens is 534 g/mol. The van der Waals surface area contributed by atoms with Gasteiger partial charge in [-0.05, 0) is 56.0 Å². The average Bonchev–Trinajstić information content (AvgIpc) is 3.39. The molecule has 0 radical (unpaired) electrons. The SMILES string of the molecule is O=[N+]([O-])c1ccc(N2CCC[C@H](N[C@@H]3CCCC[C@H]3Nc3ncc(-c4ccc(OC(F)(F)F)c(F)c4)o3)C2)cc1. The van der Waals surface area contributed by atoms with Crippen LogP contribution < -0.4 is 20.3 Å². The number of nitrogens with one attached hydrogen (secondary N) is 2.